The first kappa shape index (κ1) is 16.2. The Bertz CT molecular complexity index is 329. The fourth-order valence-corrected chi connectivity index (χ4v) is 1.76. The highest BCUT2D eigenvalue weighted by atomic mass is 35.5. The SMILES string of the molecule is COc1ccc(CCCN)cc1CN(C)C.Cl. The first-order chi connectivity index (χ1) is 7.67. The van der Waals surface area contributed by atoms with Crippen LogP contribution in [0.5, 0.6) is 5.75 Å². The number of hydrogen-bond donors (Lipinski definition) is 1. The van der Waals surface area contributed by atoms with E-state index in [0.29, 0.717) is 0 Å². The number of aryl methyl sites for hydroxylation is 1. The van der Waals surface area contributed by atoms with Crippen LogP contribution >= 0.6 is 12.4 Å². The molecule has 4 heteroatoms. The van der Waals surface area contributed by atoms with Gasteiger partial charge in [0.1, 0.15) is 5.75 Å². The van der Waals surface area contributed by atoms with Crippen molar-refractivity contribution in [2.75, 3.05) is 27.7 Å². The molecule has 0 amide bonds. The molecule has 3 nitrogen and oxygen atoms in total. The summed E-state index contributed by atoms with van der Waals surface area (Å²) in [6.07, 6.45) is 2.08. The Kier molecular flexibility index (Phi) is 7.96. The van der Waals surface area contributed by atoms with E-state index in [-0.39, 0.29) is 12.4 Å². The standard InChI is InChI=1S/C13H22N2O.ClH/c1-15(2)10-12-9-11(5-4-8-14)6-7-13(12)16-3;/h6-7,9H,4-5,8,10,14H2,1-3H3;1H. The third-order valence-corrected chi connectivity index (χ3v) is 2.50. The van der Waals surface area contributed by atoms with Crippen molar-refractivity contribution in [2.45, 2.75) is 19.4 Å². The van der Waals surface area contributed by atoms with Crippen LogP contribution < -0.4 is 10.5 Å². The number of ether oxygens (including phenoxy) is 1. The maximum atomic E-state index is 5.52. The van der Waals surface area contributed by atoms with Gasteiger partial charge in [0.2, 0.25) is 0 Å². The van der Waals surface area contributed by atoms with Crippen LogP contribution in [0.1, 0.15) is 17.5 Å². The molecule has 0 atom stereocenters. The Morgan fingerprint density at radius 2 is 2.00 bits per heavy atom. The Hall–Kier alpha value is -0.770. The van der Waals surface area contributed by atoms with Crippen LogP contribution in [0.25, 0.3) is 0 Å². The summed E-state index contributed by atoms with van der Waals surface area (Å²) < 4.78 is 5.35. The summed E-state index contributed by atoms with van der Waals surface area (Å²) in [6.45, 7) is 1.65. The number of rotatable bonds is 6. The van der Waals surface area contributed by atoms with E-state index in [0.717, 1.165) is 31.7 Å². The van der Waals surface area contributed by atoms with E-state index in [9.17, 15) is 0 Å². The third-order valence-electron chi connectivity index (χ3n) is 2.50. The fraction of sp³-hybridized carbons (Fsp3) is 0.538. The molecular formula is C13H23ClN2O. The van der Waals surface area contributed by atoms with Crippen LogP contribution in [-0.4, -0.2) is 32.6 Å². The predicted octanol–water partition coefficient (Wildman–Crippen LogP) is 2.07. The number of nitrogens with zero attached hydrogens (tertiary/aromatic N) is 1. The summed E-state index contributed by atoms with van der Waals surface area (Å²) in [5, 5.41) is 0. The van der Waals surface area contributed by atoms with E-state index in [4.69, 9.17) is 10.5 Å². The normalized spacial score (nSPS) is 10.2. The summed E-state index contributed by atoms with van der Waals surface area (Å²) in [5.74, 6) is 0.963. The van der Waals surface area contributed by atoms with Crippen molar-refractivity contribution in [3.63, 3.8) is 0 Å². The number of halogens is 1. The van der Waals surface area contributed by atoms with Crippen molar-refractivity contribution < 1.29 is 4.74 Å². The van der Waals surface area contributed by atoms with Crippen LogP contribution in [0, 0.1) is 0 Å². The third kappa shape index (κ3) is 5.39. The zero-order chi connectivity index (χ0) is 12.0. The molecule has 0 radical (unpaired) electrons. The molecule has 0 saturated carbocycles. The highest BCUT2D eigenvalue weighted by Crippen LogP contribution is 2.21. The van der Waals surface area contributed by atoms with Gasteiger partial charge in [-0.1, -0.05) is 12.1 Å². The van der Waals surface area contributed by atoms with Gasteiger partial charge in [-0.15, -0.1) is 12.4 Å². The van der Waals surface area contributed by atoms with Crippen LogP contribution in [0.4, 0.5) is 0 Å². The van der Waals surface area contributed by atoms with Gasteiger partial charge in [0.25, 0.3) is 0 Å². The lowest BCUT2D eigenvalue weighted by atomic mass is 10.1. The van der Waals surface area contributed by atoms with E-state index in [1.165, 1.54) is 11.1 Å². The minimum atomic E-state index is 0. The molecule has 0 unspecified atom stereocenters. The largest absolute Gasteiger partial charge is 0.496 e. The number of hydrogen-bond acceptors (Lipinski definition) is 3. The van der Waals surface area contributed by atoms with Gasteiger partial charge in [-0.25, -0.2) is 0 Å². The molecule has 0 aliphatic rings. The second-order valence-electron chi connectivity index (χ2n) is 4.28. The quantitative estimate of drug-likeness (QED) is 0.849. The molecule has 2 N–H and O–H groups in total. The first-order valence-corrected chi connectivity index (χ1v) is 5.68. The predicted molar refractivity (Wildman–Crippen MR) is 75.0 cm³/mol. The average Bonchev–Trinajstić information content (AvgIpc) is 2.26. The summed E-state index contributed by atoms with van der Waals surface area (Å²) in [5.41, 5.74) is 8.09. The summed E-state index contributed by atoms with van der Waals surface area (Å²) in [4.78, 5) is 2.14. The van der Waals surface area contributed by atoms with Crippen LogP contribution in [0.3, 0.4) is 0 Å². The van der Waals surface area contributed by atoms with Crippen LogP contribution in [0.2, 0.25) is 0 Å². The number of benzene rings is 1. The van der Waals surface area contributed by atoms with Crippen molar-refractivity contribution in [1.82, 2.24) is 4.90 Å². The molecule has 0 aliphatic heterocycles. The molecule has 1 aromatic carbocycles. The van der Waals surface area contributed by atoms with Gasteiger partial charge in [0.15, 0.2) is 0 Å². The van der Waals surface area contributed by atoms with Gasteiger partial charge in [-0.2, -0.15) is 0 Å². The molecule has 98 valence electrons. The Balaban J connectivity index is 0.00000256. The van der Waals surface area contributed by atoms with E-state index in [2.05, 4.69) is 31.1 Å². The van der Waals surface area contributed by atoms with Crippen molar-refractivity contribution >= 4 is 12.4 Å². The Morgan fingerprint density at radius 1 is 1.29 bits per heavy atom. The van der Waals surface area contributed by atoms with E-state index in [1.807, 2.05) is 6.07 Å². The summed E-state index contributed by atoms with van der Waals surface area (Å²) >= 11 is 0. The molecule has 0 spiro atoms. The zero-order valence-electron chi connectivity index (χ0n) is 10.9. The van der Waals surface area contributed by atoms with Gasteiger partial charge in [-0.3, -0.25) is 0 Å². The molecule has 0 aromatic heterocycles. The number of methoxy groups -OCH3 is 1. The van der Waals surface area contributed by atoms with Crippen molar-refractivity contribution in [1.29, 1.82) is 0 Å². The molecule has 0 bridgehead atoms. The molecule has 1 aromatic rings. The van der Waals surface area contributed by atoms with Crippen LogP contribution in [-0.2, 0) is 13.0 Å². The van der Waals surface area contributed by atoms with Crippen molar-refractivity contribution in [3.05, 3.63) is 29.3 Å². The van der Waals surface area contributed by atoms with Gasteiger partial charge in [0, 0.05) is 12.1 Å². The molecule has 0 fully saturated rings. The minimum absolute atomic E-state index is 0. The molecule has 0 heterocycles. The molecular weight excluding hydrogens is 236 g/mol. The van der Waals surface area contributed by atoms with E-state index >= 15 is 0 Å². The fourth-order valence-electron chi connectivity index (χ4n) is 1.76. The smallest absolute Gasteiger partial charge is 0.123 e. The molecule has 1 rings (SSSR count). The summed E-state index contributed by atoms with van der Waals surface area (Å²) in [6, 6.07) is 6.38. The Labute approximate surface area is 110 Å². The maximum Gasteiger partial charge on any atom is 0.123 e. The van der Waals surface area contributed by atoms with Gasteiger partial charge < -0.3 is 15.4 Å². The van der Waals surface area contributed by atoms with Gasteiger partial charge >= 0.3 is 0 Å². The lowest BCUT2D eigenvalue weighted by Gasteiger charge is -2.14. The highest BCUT2D eigenvalue weighted by Gasteiger charge is 2.05. The lowest BCUT2D eigenvalue weighted by molar-refractivity contribution is 0.371. The topological polar surface area (TPSA) is 38.5 Å². The van der Waals surface area contributed by atoms with Crippen molar-refractivity contribution in [2.24, 2.45) is 5.73 Å². The molecule has 0 saturated heterocycles. The molecule has 0 aliphatic carbocycles. The average molecular weight is 259 g/mol. The molecule has 17 heavy (non-hydrogen) atoms. The minimum Gasteiger partial charge on any atom is -0.496 e. The highest BCUT2D eigenvalue weighted by molar-refractivity contribution is 5.85. The monoisotopic (exact) mass is 258 g/mol. The van der Waals surface area contributed by atoms with Crippen LogP contribution in [0.15, 0.2) is 18.2 Å². The summed E-state index contributed by atoms with van der Waals surface area (Å²) in [7, 11) is 5.84. The van der Waals surface area contributed by atoms with E-state index in [1.54, 1.807) is 7.11 Å². The van der Waals surface area contributed by atoms with Crippen molar-refractivity contribution in [3.8, 4) is 5.75 Å². The zero-order valence-corrected chi connectivity index (χ0v) is 11.7. The first-order valence-electron chi connectivity index (χ1n) is 5.68. The lowest BCUT2D eigenvalue weighted by Crippen LogP contribution is -2.12. The second kappa shape index (κ2) is 8.34. The van der Waals surface area contributed by atoms with Gasteiger partial charge in [0.05, 0.1) is 7.11 Å². The van der Waals surface area contributed by atoms with Gasteiger partial charge in [-0.05, 0) is 45.1 Å². The maximum absolute atomic E-state index is 5.52. The Morgan fingerprint density at radius 3 is 2.53 bits per heavy atom. The van der Waals surface area contributed by atoms with E-state index < -0.39 is 0 Å². The second-order valence-corrected chi connectivity index (χ2v) is 4.28. The number of nitrogens with two attached hydrogens (primary N) is 1.